The molecule has 0 atom stereocenters. The van der Waals surface area contributed by atoms with Crippen LogP contribution in [-0.2, 0) is 18.6 Å². The predicted octanol–water partition coefficient (Wildman–Crippen LogP) is 7.79. The summed E-state index contributed by atoms with van der Waals surface area (Å²) in [5, 5.41) is 0. The second kappa shape index (κ2) is 9.82. The number of alkyl halides is 7. The molecule has 0 bridgehead atoms. The molecule has 3 aromatic rings. The monoisotopic (exact) mass is 488 g/mol. The van der Waals surface area contributed by atoms with Gasteiger partial charge in [0.2, 0.25) is 0 Å². The number of halogens is 7. The topological polar surface area (TPSA) is 27.7 Å². The Bertz CT molecular complexity index is 1060. The molecule has 0 radical (unpaired) electrons. The average Bonchev–Trinajstić information content (AvgIpc) is 2.75. The summed E-state index contributed by atoms with van der Waals surface area (Å²) in [6.45, 7) is 1.97. The van der Waals surface area contributed by atoms with Crippen LogP contribution in [0.2, 0.25) is 0 Å². The maximum Gasteiger partial charge on any atom is 0.573 e. The number of benzene rings is 3. The SMILES string of the molecule is CCCc1ccc(C(F)(F)Oc2ccc(C(F)(F)Oc3ccc(OC(F)(F)F)cc3)cc2)cc1. The lowest BCUT2D eigenvalue weighted by molar-refractivity contribution is -0.274. The van der Waals surface area contributed by atoms with Gasteiger partial charge < -0.3 is 14.2 Å². The molecule has 0 fully saturated rings. The van der Waals surface area contributed by atoms with Gasteiger partial charge in [-0.2, -0.15) is 17.6 Å². The fraction of sp³-hybridized carbons (Fsp3) is 0.250. The number of ether oxygens (including phenoxy) is 3. The van der Waals surface area contributed by atoms with Crippen molar-refractivity contribution in [1.82, 2.24) is 0 Å². The zero-order chi connectivity index (χ0) is 25.0. The molecular formula is C24H19F7O3. The van der Waals surface area contributed by atoms with Crippen molar-refractivity contribution in [3.8, 4) is 17.2 Å². The maximum atomic E-state index is 14.4. The normalized spacial score (nSPS) is 12.4. The van der Waals surface area contributed by atoms with Crippen LogP contribution in [0.1, 0.15) is 30.0 Å². The van der Waals surface area contributed by atoms with Gasteiger partial charge in [0, 0.05) is 0 Å². The summed E-state index contributed by atoms with van der Waals surface area (Å²) in [5.41, 5.74) is -0.165. The van der Waals surface area contributed by atoms with Crippen LogP contribution in [0.15, 0.2) is 72.8 Å². The first-order valence-corrected chi connectivity index (χ1v) is 10.1. The lowest BCUT2D eigenvalue weighted by Gasteiger charge is -2.21. The van der Waals surface area contributed by atoms with E-state index in [4.69, 9.17) is 4.74 Å². The van der Waals surface area contributed by atoms with Crippen LogP contribution in [0.25, 0.3) is 0 Å². The fourth-order valence-electron chi connectivity index (χ4n) is 2.99. The Labute approximate surface area is 190 Å². The number of aryl methyl sites for hydroxylation is 1. The highest BCUT2D eigenvalue weighted by Crippen LogP contribution is 2.36. The average molecular weight is 488 g/mol. The summed E-state index contributed by atoms with van der Waals surface area (Å²) in [5.74, 6) is -1.39. The van der Waals surface area contributed by atoms with Crippen molar-refractivity contribution in [2.75, 3.05) is 0 Å². The van der Waals surface area contributed by atoms with Crippen LogP contribution in [0.4, 0.5) is 30.7 Å². The van der Waals surface area contributed by atoms with Gasteiger partial charge in [-0.25, -0.2) is 0 Å². The van der Waals surface area contributed by atoms with Crippen molar-refractivity contribution >= 4 is 0 Å². The van der Waals surface area contributed by atoms with Gasteiger partial charge in [0.25, 0.3) is 0 Å². The Morgan fingerprint density at radius 1 is 0.529 bits per heavy atom. The lowest BCUT2D eigenvalue weighted by Crippen LogP contribution is -2.23. The molecule has 3 nitrogen and oxygen atoms in total. The number of rotatable bonds is 9. The molecule has 3 aromatic carbocycles. The zero-order valence-corrected chi connectivity index (χ0v) is 17.7. The van der Waals surface area contributed by atoms with Crippen molar-refractivity contribution < 1.29 is 44.9 Å². The summed E-state index contributed by atoms with van der Waals surface area (Å²) in [4.78, 5) is 0. The van der Waals surface area contributed by atoms with Gasteiger partial charge in [-0.3, -0.25) is 0 Å². The Balaban J connectivity index is 1.66. The Kier molecular flexibility index (Phi) is 7.28. The molecule has 0 aliphatic carbocycles. The van der Waals surface area contributed by atoms with E-state index in [-0.39, 0.29) is 11.3 Å². The third kappa shape index (κ3) is 6.79. The summed E-state index contributed by atoms with van der Waals surface area (Å²) >= 11 is 0. The van der Waals surface area contributed by atoms with Gasteiger partial charge >= 0.3 is 18.6 Å². The fourth-order valence-corrected chi connectivity index (χ4v) is 2.99. The van der Waals surface area contributed by atoms with E-state index in [0.717, 1.165) is 66.9 Å². The van der Waals surface area contributed by atoms with Crippen molar-refractivity contribution in [3.05, 3.63) is 89.5 Å². The first-order valence-electron chi connectivity index (χ1n) is 10.1. The van der Waals surface area contributed by atoms with Crippen LogP contribution in [-0.4, -0.2) is 6.36 Å². The van der Waals surface area contributed by atoms with Crippen molar-refractivity contribution in [2.45, 2.75) is 38.3 Å². The molecule has 0 spiro atoms. The van der Waals surface area contributed by atoms with Gasteiger partial charge in [-0.15, -0.1) is 13.2 Å². The Hall–Kier alpha value is -3.43. The quantitative estimate of drug-likeness (QED) is 0.288. The minimum atomic E-state index is -4.93. The van der Waals surface area contributed by atoms with Gasteiger partial charge in [0.05, 0.1) is 11.1 Å². The van der Waals surface area contributed by atoms with E-state index >= 15 is 0 Å². The molecule has 0 heterocycles. The van der Waals surface area contributed by atoms with E-state index in [0.29, 0.717) is 0 Å². The second-order valence-electron chi connectivity index (χ2n) is 7.23. The van der Waals surface area contributed by atoms with Crippen molar-refractivity contribution in [3.63, 3.8) is 0 Å². The van der Waals surface area contributed by atoms with Gasteiger partial charge in [0.1, 0.15) is 17.2 Å². The summed E-state index contributed by atoms with van der Waals surface area (Å²) < 4.78 is 107. The first kappa shape index (κ1) is 25.2. The molecule has 0 amide bonds. The lowest BCUT2D eigenvalue weighted by atomic mass is 10.1. The standard InChI is InChI=1S/C24H19F7O3/c1-2-3-16-4-6-17(7-5-16)22(25,26)32-19-10-8-18(9-11-19)23(27,28)33-20-12-14-21(15-13-20)34-24(29,30)31/h4-15H,2-3H2,1H3. The number of hydrogen-bond acceptors (Lipinski definition) is 3. The minimum absolute atomic E-state index is 0.351. The van der Waals surface area contributed by atoms with Gasteiger partial charge in [0.15, 0.2) is 0 Å². The highest BCUT2D eigenvalue weighted by Gasteiger charge is 2.37. The van der Waals surface area contributed by atoms with Crippen LogP contribution >= 0.6 is 0 Å². The molecule has 0 saturated carbocycles. The highest BCUT2D eigenvalue weighted by molar-refractivity contribution is 5.34. The molecule has 0 aliphatic heterocycles. The minimum Gasteiger partial charge on any atom is -0.429 e. The van der Waals surface area contributed by atoms with Crippen molar-refractivity contribution in [1.29, 1.82) is 0 Å². The molecular weight excluding hydrogens is 469 g/mol. The van der Waals surface area contributed by atoms with E-state index in [1.54, 1.807) is 12.1 Å². The molecule has 10 heteroatoms. The molecule has 0 aromatic heterocycles. The maximum absolute atomic E-state index is 14.4. The van der Waals surface area contributed by atoms with Gasteiger partial charge in [-0.05, 0) is 72.6 Å². The van der Waals surface area contributed by atoms with Crippen molar-refractivity contribution in [2.24, 2.45) is 0 Å². The third-order valence-corrected chi connectivity index (χ3v) is 4.57. The number of hydrogen-bond donors (Lipinski definition) is 0. The Morgan fingerprint density at radius 2 is 0.882 bits per heavy atom. The molecule has 34 heavy (non-hydrogen) atoms. The van der Waals surface area contributed by atoms with E-state index in [1.165, 1.54) is 12.1 Å². The molecule has 3 rings (SSSR count). The largest absolute Gasteiger partial charge is 0.573 e. The second-order valence-corrected chi connectivity index (χ2v) is 7.23. The first-order chi connectivity index (χ1) is 15.9. The van der Waals surface area contributed by atoms with E-state index < -0.39 is 35.6 Å². The van der Waals surface area contributed by atoms with Crippen LogP contribution < -0.4 is 14.2 Å². The van der Waals surface area contributed by atoms with Crippen LogP contribution in [0.5, 0.6) is 17.2 Å². The molecule has 0 N–H and O–H groups in total. The molecule has 0 saturated heterocycles. The third-order valence-electron chi connectivity index (χ3n) is 4.57. The molecule has 0 unspecified atom stereocenters. The Morgan fingerprint density at radius 3 is 1.26 bits per heavy atom. The van der Waals surface area contributed by atoms with Crippen LogP contribution in [0, 0.1) is 0 Å². The predicted molar refractivity (Wildman–Crippen MR) is 109 cm³/mol. The highest BCUT2D eigenvalue weighted by atomic mass is 19.4. The van der Waals surface area contributed by atoms with Gasteiger partial charge in [-0.1, -0.05) is 25.5 Å². The molecule has 182 valence electrons. The zero-order valence-electron chi connectivity index (χ0n) is 17.7. The van der Waals surface area contributed by atoms with E-state index in [9.17, 15) is 30.7 Å². The molecule has 0 aliphatic rings. The van der Waals surface area contributed by atoms with E-state index in [1.807, 2.05) is 6.92 Å². The smallest absolute Gasteiger partial charge is 0.429 e. The summed E-state index contributed by atoms with van der Waals surface area (Å²) in [7, 11) is 0. The van der Waals surface area contributed by atoms with Crippen LogP contribution in [0.3, 0.4) is 0 Å². The summed E-state index contributed by atoms with van der Waals surface area (Å²) in [6, 6.07) is 12.6. The summed E-state index contributed by atoms with van der Waals surface area (Å²) in [6.07, 6.45) is -10.9. The van der Waals surface area contributed by atoms with E-state index in [2.05, 4.69) is 9.47 Å².